The van der Waals surface area contributed by atoms with Crippen LogP contribution < -0.4 is 5.73 Å². The number of carbonyl (C=O) groups is 2. The summed E-state index contributed by atoms with van der Waals surface area (Å²) in [5.41, 5.74) is 4.70. The van der Waals surface area contributed by atoms with E-state index in [2.05, 4.69) is 0 Å². The molecular weight excluding hydrogens is 244 g/mol. The number of nitrogens with zero attached hydrogens (tertiary/aromatic N) is 1. The maximum Gasteiger partial charge on any atom is 0.309 e. The number of hydrogen-bond donors (Lipinski definition) is 2. The molecule has 0 unspecified atom stereocenters. The van der Waals surface area contributed by atoms with Crippen LogP contribution in [-0.2, 0) is 9.59 Å². The minimum Gasteiger partial charge on any atom is -0.481 e. The van der Waals surface area contributed by atoms with Crippen LogP contribution in [0.3, 0.4) is 0 Å². The standard InChI is InChI=1S/C14H26N2O3/c1-4-5-14(12(18)19)6-8-16(9-7-14)11(17)10-13(2,3)15/h4-10,15H2,1-3H3,(H,18,19). The van der Waals surface area contributed by atoms with Gasteiger partial charge in [0.25, 0.3) is 0 Å². The molecule has 0 spiro atoms. The quantitative estimate of drug-likeness (QED) is 0.795. The predicted molar refractivity (Wildman–Crippen MR) is 73.7 cm³/mol. The third kappa shape index (κ3) is 4.20. The molecule has 1 rings (SSSR count). The van der Waals surface area contributed by atoms with E-state index < -0.39 is 16.9 Å². The molecule has 110 valence electrons. The smallest absolute Gasteiger partial charge is 0.309 e. The van der Waals surface area contributed by atoms with Crippen LogP contribution in [-0.4, -0.2) is 40.5 Å². The largest absolute Gasteiger partial charge is 0.481 e. The average Bonchev–Trinajstić information content (AvgIpc) is 2.27. The van der Waals surface area contributed by atoms with Crippen molar-refractivity contribution in [3.63, 3.8) is 0 Å². The number of nitrogens with two attached hydrogens (primary N) is 1. The van der Waals surface area contributed by atoms with Crippen LogP contribution in [0, 0.1) is 5.41 Å². The average molecular weight is 270 g/mol. The second-order valence-electron chi connectivity index (χ2n) is 6.38. The maximum absolute atomic E-state index is 12.1. The first-order chi connectivity index (χ1) is 8.70. The van der Waals surface area contributed by atoms with E-state index in [1.54, 1.807) is 4.90 Å². The number of piperidine rings is 1. The van der Waals surface area contributed by atoms with E-state index in [9.17, 15) is 14.7 Å². The van der Waals surface area contributed by atoms with Gasteiger partial charge in [-0.1, -0.05) is 13.3 Å². The molecule has 0 aromatic rings. The van der Waals surface area contributed by atoms with Gasteiger partial charge in [0, 0.05) is 25.0 Å². The summed E-state index contributed by atoms with van der Waals surface area (Å²) in [5.74, 6) is -0.691. The van der Waals surface area contributed by atoms with Gasteiger partial charge >= 0.3 is 5.97 Å². The molecule has 1 fully saturated rings. The highest BCUT2D eigenvalue weighted by atomic mass is 16.4. The molecule has 1 amide bonds. The van der Waals surface area contributed by atoms with Crippen LogP contribution in [0.5, 0.6) is 0 Å². The molecule has 0 atom stereocenters. The van der Waals surface area contributed by atoms with Crippen molar-refractivity contribution >= 4 is 11.9 Å². The molecule has 1 aliphatic rings. The first-order valence-electron chi connectivity index (χ1n) is 7.00. The summed E-state index contributed by atoms with van der Waals surface area (Å²) in [4.78, 5) is 25.3. The van der Waals surface area contributed by atoms with Gasteiger partial charge < -0.3 is 15.7 Å². The third-order valence-corrected chi connectivity index (χ3v) is 3.86. The summed E-state index contributed by atoms with van der Waals surface area (Å²) in [6.45, 7) is 6.71. The molecule has 0 saturated carbocycles. The summed E-state index contributed by atoms with van der Waals surface area (Å²) in [7, 11) is 0. The molecule has 5 nitrogen and oxygen atoms in total. The van der Waals surface area contributed by atoms with Crippen molar-refractivity contribution in [1.29, 1.82) is 0 Å². The Hall–Kier alpha value is -1.10. The number of carboxylic acids is 1. The highest BCUT2D eigenvalue weighted by Crippen LogP contribution is 2.36. The Bertz CT molecular complexity index is 339. The lowest BCUT2D eigenvalue weighted by Crippen LogP contribution is -2.48. The molecule has 1 heterocycles. The Kier molecular flexibility index (Phi) is 4.96. The van der Waals surface area contributed by atoms with E-state index in [-0.39, 0.29) is 5.91 Å². The molecule has 5 heteroatoms. The van der Waals surface area contributed by atoms with Gasteiger partial charge in [-0.2, -0.15) is 0 Å². The number of amides is 1. The second-order valence-corrected chi connectivity index (χ2v) is 6.38. The van der Waals surface area contributed by atoms with E-state index >= 15 is 0 Å². The molecule has 19 heavy (non-hydrogen) atoms. The van der Waals surface area contributed by atoms with Gasteiger partial charge in [-0.15, -0.1) is 0 Å². The Morgan fingerprint density at radius 3 is 2.21 bits per heavy atom. The Morgan fingerprint density at radius 2 is 1.84 bits per heavy atom. The summed E-state index contributed by atoms with van der Waals surface area (Å²) < 4.78 is 0. The van der Waals surface area contributed by atoms with E-state index in [0.717, 1.165) is 6.42 Å². The van der Waals surface area contributed by atoms with Crippen molar-refractivity contribution < 1.29 is 14.7 Å². The lowest BCUT2D eigenvalue weighted by Gasteiger charge is -2.39. The minimum atomic E-state index is -0.722. The zero-order valence-electron chi connectivity index (χ0n) is 12.2. The molecule has 0 bridgehead atoms. The number of carbonyl (C=O) groups excluding carboxylic acids is 1. The monoisotopic (exact) mass is 270 g/mol. The van der Waals surface area contributed by atoms with Crippen molar-refractivity contribution in [2.75, 3.05) is 13.1 Å². The van der Waals surface area contributed by atoms with Crippen LogP contribution in [0.15, 0.2) is 0 Å². The van der Waals surface area contributed by atoms with E-state index in [1.807, 2.05) is 20.8 Å². The summed E-state index contributed by atoms with van der Waals surface area (Å²) in [5, 5.41) is 9.41. The topological polar surface area (TPSA) is 83.6 Å². The van der Waals surface area contributed by atoms with E-state index in [4.69, 9.17) is 5.73 Å². The number of rotatable bonds is 5. The van der Waals surface area contributed by atoms with Crippen LogP contribution in [0.2, 0.25) is 0 Å². The van der Waals surface area contributed by atoms with Gasteiger partial charge in [-0.05, 0) is 33.1 Å². The highest BCUT2D eigenvalue weighted by Gasteiger charge is 2.41. The first kappa shape index (κ1) is 16.0. The molecule has 0 aromatic heterocycles. The van der Waals surface area contributed by atoms with Crippen molar-refractivity contribution in [3.05, 3.63) is 0 Å². The van der Waals surface area contributed by atoms with E-state index in [0.29, 0.717) is 38.8 Å². The zero-order valence-corrected chi connectivity index (χ0v) is 12.2. The number of likely N-dealkylation sites (tertiary alicyclic amines) is 1. The number of aliphatic carboxylic acids is 1. The Balaban J connectivity index is 2.61. The number of hydrogen-bond acceptors (Lipinski definition) is 3. The molecule has 0 aliphatic carbocycles. The van der Waals surface area contributed by atoms with Crippen molar-refractivity contribution in [1.82, 2.24) is 4.90 Å². The molecular formula is C14H26N2O3. The van der Waals surface area contributed by atoms with Crippen LogP contribution in [0.1, 0.15) is 52.9 Å². The summed E-state index contributed by atoms with van der Waals surface area (Å²) in [6, 6.07) is 0. The summed E-state index contributed by atoms with van der Waals surface area (Å²) in [6.07, 6.45) is 2.95. The third-order valence-electron chi connectivity index (χ3n) is 3.86. The Morgan fingerprint density at radius 1 is 1.32 bits per heavy atom. The van der Waals surface area contributed by atoms with Gasteiger partial charge in [0.05, 0.1) is 5.41 Å². The van der Waals surface area contributed by atoms with E-state index in [1.165, 1.54) is 0 Å². The minimum absolute atomic E-state index is 0.0305. The maximum atomic E-state index is 12.1. The fraction of sp³-hybridized carbons (Fsp3) is 0.857. The van der Waals surface area contributed by atoms with Crippen molar-refractivity contribution in [3.8, 4) is 0 Å². The molecule has 1 aliphatic heterocycles. The lowest BCUT2D eigenvalue weighted by molar-refractivity contribution is -0.155. The van der Waals surface area contributed by atoms with Gasteiger partial charge in [-0.25, -0.2) is 0 Å². The van der Waals surface area contributed by atoms with Crippen LogP contribution >= 0.6 is 0 Å². The second kappa shape index (κ2) is 5.90. The van der Waals surface area contributed by atoms with Crippen molar-refractivity contribution in [2.24, 2.45) is 11.1 Å². The van der Waals surface area contributed by atoms with Crippen molar-refractivity contribution in [2.45, 2.75) is 58.4 Å². The fourth-order valence-corrected chi connectivity index (χ4v) is 2.74. The fourth-order valence-electron chi connectivity index (χ4n) is 2.74. The van der Waals surface area contributed by atoms with Gasteiger partial charge in [0.2, 0.25) is 5.91 Å². The molecule has 3 N–H and O–H groups in total. The number of carboxylic acid groups (broad SMARTS) is 1. The normalized spacial score (nSPS) is 19.3. The Labute approximate surface area is 115 Å². The highest BCUT2D eigenvalue weighted by molar-refractivity contribution is 5.79. The van der Waals surface area contributed by atoms with Crippen LogP contribution in [0.4, 0.5) is 0 Å². The first-order valence-corrected chi connectivity index (χ1v) is 7.00. The van der Waals surface area contributed by atoms with Crippen LogP contribution in [0.25, 0.3) is 0 Å². The molecule has 1 saturated heterocycles. The van der Waals surface area contributed by atoms with Gasteiger partial charge in [-0.3, -0.25) is 9.59 Å². The van der Waals surface area contributed by atoms with Gasteiger partial charge in [0.1, 0.15) is 0 Å². The van der Waals surface area contributed by atoms with Gasteiger partial charge in [0.15, 0.2) is 0 Å². The summed E-state index contributed by atoms with van der Waals surface area (Å²) >= 11 is 0. The molecule has 0 aromatic carbocycles. The predicted octanol–water partition coefficient (Wildman–Crippen LogP) is 1.61. The SMILES string of the molecule is CCCC1(C(=O)O)CCN(C(=O)CC(C)(C)N)CC1. The zero-order chi connectivity index (χ0) is 14.7. The molecule has 0 radical (unpaired) electrons. The lowest BCUT2D eigenvalue weighted by atomic mass is 9.75.